The van der Waals surface area contributed by atoms with Crippen LogP contribution in [0.25, 0.3) is 22.3 Å². The SMILES string of the molecule is Cc1c(CCc2cc(CNCCO)ccc2C(F)(F)F)cccc1-c1cccc(-c2cccc(CNCCO)c2)c1C. The molecule has 4 nitrogen and oxygen atoms in total. The molecule has 0 unspecified atom stereocenters. The molecule has 0 fully saturated rings. The van der Waals surface area contributed by atoms with Crippen LogP contribution >= 0.6 is 0 Å². The molecule has 0 aliphatic rings. The summed E-state index contributed by atoms with van der Waals surface area (Å²) in [6.45, 7) is 6.22. The van der Waals surface area contributed by atoms with Gasteiger partial charge in [-0.05, 0) is 94.5 Å². The van der Waals surface area contributed by atoms with Crippen LogP contribution in [-0.2, 0) is 32.1 Å². The third-order valence-electron chi connectivity index (χ3n) is 7.68. The molecule has 0 aliphatic heterocycles. The summed E-state index contributed by atoms with van der Waals surface area (Å²) < 4.78 is 41.5. The molecule has 0 saturated carbocycles. The van der Waals surface area contributed by atoms with Gasteiger partial charge in [0.25, 0.3) is 0 Å². The Morgan fingerprint density at radius 3 is 1.86 bits per heavy atom. The number of hydrogen-bond donors (Lipinski definition) is 4. The molecule has 0 spiro atoms. The maximum atomic E-state index is 13.8. The molecular formula is C35H39F3N2O2. The van der Waals surface area contributed by atoms with E-state index in [1.807, 2.05) is 31.2 Å². The van der Waals surface area contributed by atoms with E-state index in [-0.39, 0.29) is 25.2 Å². The van der Waals surface area contributed by atoms with Crippen LogP contribution in [0.1, 0.15) is 38.9 Å². The highest BCUT2D eigenvalue weighted by molar-refractivity contribution is 5.80. The number of aliphatic hydroxyl groups excluding tert-OH is 2. The summed E-state index contributed by atoms with van der Waals surface area (Å²) in [4.78, 5) is 0. The first-order valence-corrected chi connectivity index (χ1v) is 14.3. The zero-order chi connectivity index (χ0) is 30.1. The number of benzene rings is 4. The molecule has 0 aromatic heterocycles. The molecule has 0 bridgehead atoms. The second kappa shape index (κ2) is 14.6. The van der Waals surface area contributed by atoms with Crippen molar-refractivity contribution in [1.82, 2.24) is 10.6 Å². The van der Waals surface area contributed by atoms with Crippen molar-refractivity contribution in [3.05, 3.63) is 118 Å². The fourth-order valence-corrected chi connectivity index (χ4v) is 5.47. The van der Waals surface area contributed by atoms with Crippen molar-refractivity contribution < 1.29 is 23.4 Å². The van der Waals surface area contributed by atoms with Crippen LogP contribution < -0.4 is 10.6 Å². The van der Waals surface area contributed by atoms with Gasteiger partial charge >= 0.3 is 6.18 Å². The van der Waals surface area contributed by atoms with Crippen molar-refractivity contribution in [2.24, 2.45) is 0 Å². The Labute approximate surface area is 246 Å². The summed E-state index contributed by atoms with van der Waals surface area (Å²) >= 11 is 0. The Bertz CT molecular complexity index is 1480. The Balaban J connectivity index is 1.61. The topological polar surface area (TPSA) is 64.5 Å². The maximum Gasteiger partial charge on any atom is 0.416 e. The van der Waals surface area contributed by atoms with Crippen LogP contribution in [0, 0.1) is 13.8 Å². The largest absolute Gasteiger partial charge is 0.416 e. The van der Waals surface area contributed by atoms with Crippen molar-refractivity contribution in [2.75, 3.05) is 26.3 Å². The Morgan fingerprint density at radius 1 is 0.619 bits per heavy atom. The van der Waals surface area contributed by atoms with E-state index in [0.29, 0.717) is 32.6 Å². The van der Waals surface area contributed by atoms with Gasteiger partial charge in [-0.1, -0.05) is 66.7 Å². The zero-order valence-electron chi connectivity index (χ0n) is 24.2. The number of rotatable bonds is 13. The van der Waals surface area contributed by atoms with Gasteiger partial charge in [-0.15, -0.1) is 0 Å². The van der Waals surface area contributed by atoms with Gasteiger partial charge in [0.2, 0.25) is 0 Å². The normalized spacial score (nSPS) is 11.7. The molecule has 222 valence electrons. The monoisotopic (exact) mass is 576 g/mol. The molecule has 4 rings (SSSR count). The molecule has 42 heavy (non-hydrogen) atoms. The van der Waals surface area contributed by atoms with Crippen LogP contribution in [0.15, 0.2) is 78.9 Å². The minimum Gasteiger partial charge on any atom is -0.395 e. The second-order valence-electron chi connectivity index (χ2n) is 10.6. The van der Waals surface area contributed by atoms with Crippen LogP contribution in [0.2, 0.25) is 0 Å². The van der Waals surface area contributed by atoms with Crippen LogP contribution in [0.3, 0.4) is 0 Å². The molecule has 0 amide bonds. The van der Waals surface area contributed by atoms with Gasteiger partial charge in [0.05, 0.1) is 18.8 Å². The van der Waals surface area contributed by atoms with Gasteiger partial charge in [-0.25, -0.2) is 0 Å². The Kier molecular flexibility index (Phi) is 10.9. The van der Waals surface area contributed by atoms with Gasteiger partial charge < -0.3 is 20.8 Å². The van der Waals surface area contributed by atoms with E-state index in [2.05, 4.69) is 54.0 Å². The number of aryl methyl sites for hydroxylation is 2. The summed E-state index contributed by atoms with van der Waals surface area (Å²) in [6, 6.07) is 25.0. The van der Waals surface area contributed by atoms with E-state index in [0.717, 1.165) is 50.1 Å². The number of hydrogen-bond acceptors (Lipinski definition) is 4. The van der Waals surface area contributed by atoms with Gasteiger partial charge in [0.15, 0.2) is 0 Å². The average molecular weight is 577 g/mol. The van der Waals surface area contributed by atoms with Gasteiger partial charge in [0, 0.05) is 26.2 Å². The highest BCUT2D eigenvalue weighted by atomic mass is 19.4. The predicted octanol–water partition coefficient (Wildman–Crippen LogP) is 6.61. The van der Waals surface area contributed by atoms with E-state index in [4.69, 9.17) is 10.2 Å². The predicted molar refractivity (Wildman–Crippen MR) is 163 cm³/mol. The lowest BCUT2D eigenvalue weighted by atomic mass is 9.88. The Hall–Kier alpha value is -3.49. The third-order valence-corrected chi connectivity index (χ3v) is 7.68. The molecule has 4 aromatic rings. The second-order valence-corrected chi connectivity index (χ2v) is 10.6. The van der Waals surface area contributed by atoms with Gasteiger partial charge in [0.1, 0.15) is 0 Å². The minimum absolute atomic E-state index is 0.0270. The molecule has 0 saturated heterocycles. The fourth-order valence-electron chi connectivity index (χ4n) is 5.47. The van der Waals surface area contributed by atoms with Crippen molar-refractivity contribution in [3.8, 4) is 22.3 Å². The van der Waals surface area contributed by atoms with Crippen molar-refractivity contribution in [3.63, 3.8) is 0 Å². The average Bonchev–Trinajstić information content (AvgIpc) is 2.97. The first-order valence-electron chi connectivity index (χ1n) is 14.3. The number of nitrogens with one attached hydrogen (secondary N) is 2. The van der Waals surface area contributed by atoms with E-state index in [9.17, 15) is 13.2 Å². The molecule has 4 N–H and O–H groups in total. The van der Waals surface area contributed by atoms with Crippen molar-refractivity contribution in [2.45, 2.75) is 46.0 Å². The van der Waals surface area contributed by atoms with E-state index < -0.39 is 11.7 Å². The lowest BCUT2D eigenvalue weighted by Crippen LogP contribution is -2.18. The fraction of sp³-hybridized carbons (Fsp3) is 0.314. The number of halogens is 3. The van der Waals surface area contributed by atoms with Crippen LogP contribution in [-0.4, -0.2) is 36.5 Å². The molecule has 4 aromatic carbocycles. The smallest absolute Gasteiger partial charge is 0.395 e. The summed E-state index contributed by atoms with van der Waals surface area (Å²) in [5, 5.41) is 24.3. The molecular weight excluding hydrogens is 537 g/mol. The van der Waals surface area contributed by atoms with E-state index >= 15 is 0 Å². The van der Waals surface area contributed by atoms with E-state index in [1.54, 1.807) is 6.07 Å². The molecule has 0 radical (unpaired) electrons. The van der Waals surface area contributed by atoms with Crippen molar-refractivity contribution >= 4 is 0 Å². The summed E-state index contributed by atoms with van der Waals surface area (Å²) in [6.07, 6.45) is -3.67. The number of alkyl halides is 3. The number of aliphatic hydroxyl groups is 2. The quantitative estimate of drug-likeness (QED) is 0.135. The zero-order valence-corrected chi connectivity index (χ0v) is 24.2. The Morgan fingerprint density at radius 2 is 1.19 bits per heavy atom. The summed E-state index contributed by atoms with van der Waals surface area (Å²) in [7, 11) is 0. The van der Waals surface area contributed by atoms with E-state index in [1.165, 1.54) is 12.1 Å². The molecule has 0 heterocycles. The molecule has 7 heteroatoms. The van der Waals surface area contributed by atoms with Crippen molar-refractivity contribution in [1.29, 1.82) is 0 Å². The highest BCUT2D eigenvalue weighted by Crippen LogP contribution is 2.36. The highest BCUT2D eigenvalue weighted by Gasteiger charge is 2.33. The van der Waals surface area contributed by atoms with Crippen LogP contribution in [0.5, 0.6) is 0 Å². The van der Waals surface area contributed by atoms with Gasteiger partial charge in [-0.3, -0.25) is 0 Å². The standard InChI is InChI=1S/C35H39F3N2O2/c1-24-28(13-14-30-21-27(23-40-17-19-42)12-15-34(30)35(36,37)38)7-4-10-32(24)33-11-5-9-31(25(33)2)29-8-3-6-26(20-29)22-39-16-18-41/h3-12,15,20-21,39-42H,13-14,16-19,22-23H2,1-2H3. The van der Waals surface area contributed by atoms with Crippen LogP contribution in [0.4, 0.5) is 13.2 Å². The lowest BCUT2D eigenvalue weighted by molar-refractivity contribution is -0.138. The first-order chi connectivity index (χ1) is 20.2. The third kappa shape index (κ3) is 7.86. The molecule has 0 aliphatic carbocycles. The summed E-state index contributed by atoms with van der Waals surface area (Å²) in [5.41, 5.74) is 9.21. The minimum atomic E-state index is -4.42. The summed E-state index contributed by atoms with van der Waals surface area (Å²) in [5.74, 6) is 0. The van der Waals surface area contributed by atoms with Gasteiger partial charge in [-0.2, -0.15) is 13.2 Å². The lowest BCUT2D eigenvalue weighted by Gasteiger charge is -2.18. The maximum absolute atomic E-state index is 13.8. The first kappa shape index (κ1) is 31.4. The molecule has 0 atom stereocenters.